The van der Waals surface area contributed by atoms with Crippen molar-refractivity contribution in [1.82, 2.24) is 0 Å². The summed E-state index contributed by atoms with van der Waals surface area (Å²) in [5.74, 6) is 0. The van der Waals surface area contributed by atoms with Crippen LogP contribution < -0.4 is 0 Å². The van der Waals surface area contributed by atoms with Gasteiger partial charge in [-0.25, -0.2) is 0 Å². The molecule has 1 atom stereocenters. The van der Waals surface area contributed by atoms with Gasteiger partial charge in [-0.05, 0) is 47.2 Å². The first kappa shape index (κ1) is 25.5. The van der Waals surface area contributed by atoms with Gasteiger partial charge in [0.1, 0.15) is 0 Å². The molecule has 0 N–H and O–H groups in total. The Kier molecular flexibility index (Phi) is 10.8. The lowest BCUT2D eigenvalue weighted by atomic mass is 9.70. The molecular formula is C31H45Br. The molecule has 1 aliphatic carbocycles. The Morgan fingerprint density at radius 2 is 1.06 bits per heavy atom. The van der Waals surface area contributed by atoms with Gasteiger partial charge in [-0.1, -0.05) is 150 Å². The first-order valence-corrected chi connectivity index (χ1v) is 14.4. The number of hydrogen-bond acceptors (Lipinski definition) is 0. The molecule has 0 bridgehead atoms. The maximum atomic E-state index is 3.79. The van der Waals surface area contributed by atoms with Gasteiger partial charge >= 0.3 is 0 Å². The van der Waals surface area contributed by atoms with E-state index in [0.29, 0.717) is 0 Å². The van der Waals surface area contributed by atoms with E-state index in [2.05, 4.69) is 72.2 Å². The molecular weight excluding hydrogens is 452 g/mol. The Bertz CT molecular complexity index is 808. The second kappa shape index (κ2) is 13.6. The van der Waals surface area contributed by atoms with Crippen LogP contribution in [0, 0.1) is 0 Å². The fourth-order valence-electron chi connectivity index (χ4n) is 5.86. The van der Waals surface area contributed by atoms with Crippen LogP contribution in [0.1, 0.15) is 128 Å². The van der Waals surface area contributed by atoms with Gasteiger partial charge in [-0.15, -0.1) is 0 Å². The van der Waals surface area contributed by atoms with Gasteiger partial charge in [0.15, 0.2) is 0 Å². The van der Waals surface area contributed by atoms with Crippen LogP contribution >= 0.6 is 15.9 Å². The van der Waals surface area contributed by atoms with Crippen molar-refractivity contribution in [3.63, 3.8) is 0 Å². The highest BCUT2D eigenvalue weighted by Gasteiger charge is 2.41. The summed E-state index contributed by atoms with van der Waals surface area (Å²) in [5.41, 5.74) is 6.37. The van der Waals surface area contributed by atoms with Crippen molar-refractivity contribution in [2.45, 2.75) is 122 Å². The minimum absolute atomic E-state index is 0.211. The van der Waals surface area contributed by atoms with Crippen LogP contribution in [0.2, 0.25) is 0 Å². The van der Waals surface area contributed by atoms with Crippen LogP contribution in [-0.2, 0) is 5.41 Å². The van der Waals surface area contributed by atoms with Crippen LogP contribution in [0.25, 0.3) is 11.1 Å². The van der Waals surface area contributed by atoms with Crippen LogP contribution in [0.15, 0.2) is 46.9 Å². The zero-order valence-corrected chi connectivity index (χ0v) is 22.3. The Balaban J connectivity index is 1.72. The van der Waals surface area contributed by atoms with Gasteiger partial charge in [-0.3, -0.25) is 0 Å². The monoisotopic (exact) mass is 496 g/mol. The molecule has 1 aliphatic rings. The maximum Gasteiger partial charge on any atom is 0.0215 e. The van der Waals surface area contributed by atoms with Crippen molar-refractivity contribution in [3.8, 4) is 11.1 Å². The summed E-state index contributed by atoms with van der Waals surface area (Å²) in [6.07, 6.45) is 22.0. The molecule has 0 spiro atoms. The molecule has 0 aromatic heterocycles. The Morgan fingerprint density at radius 1 is 0.562 bits per heavy atom. The summed E-state index contributed by atoms with van der Waals surface area (Å²) < 4.78 is 1.23. The molecule has 0 saturated heterocycles. The average molecular weight is 498 g/mol. The molecule has 3 rings (SSSR count). The van der Waals surface area contributed by atoms with Crippen molar-refractivity contribution in [1.29, 1.82) is 0 Å². The Labute approximate surface area is 206 Å². The number of unbranched alkanes of at least 4 members (excludes halogenated alkanes) is 12. The highest BCUT2D eigenvalue weighted by molar-refractivity contribution is 9.10. The molecule has 0 radical (unpaired) electrons. The minimum Gasteiger partial charge on any atom is -0.0654 e. The maximum absolute atomic E-state index is 3.79. The highest BCUT2D eigenvalue weighted by Crippen LogP contribution is 2.54. The number of fused-ring (bicyclic) bond motifs is 3. The average Bonchev–Trinajstić information content (AvgIpc) is 3.07. The number of rotatable bonds is 16. The van der Waals surface area contributed by atoms with E-state index in [-0.39, 0.29) is 5.41 Å². The standard InChI is InChI=1S/C31H45Br/c1-3-5-7-9-11-12-14-18-24-31(23-17-13-10-8-6-4-2)29-20-16-15-19-27(29)28-22-21-26(32)25-30(28)31/h15-16,19-22,25H,3-14,17-18,23-24H2,1-2H3. The van der Waals surface area contributed by atoms with E-state index in [1.165, 1.54) is 118 Å². The Hall–Kier alpha value is -1.08. The van der Waals surface area contributed by atoms with Crippen molar-refractivity contribution in [3.05, 3.63) is 58.1 Å². The quantitative estimate of drug-likeness (QED) is 0.202. The lowest BCUT2D eigenvalue weighted by Crippen LogP contribution is -2.25. The van der Waals surface area contributed by atoms with E-state index >= 15 is 0 Å². The van der Waals surface area contributed by atoms with Crippen molar-refractivity contribution >= 4 is 15.9 Å². The molecule has 2 aromatic carbocycles. The molecule has 176 valence electrons. The van der Waals surface area contributed by atoms with E-state index in [1.54, 1.807) is 11.1 Å². The third-order valence-corrected chi connectivity index (χ3v) is 8.14. The van der Waals surface area contributed by atoms with Crippen LogP contribution in [0.4, 0.5) is 0 Å². The molecule has 0 heterocycles. The summed E-state index contributed by atoms with van der Waals surface area (Å²) in [4.78, 5) is 0. The van der Waals surface area contributed by atoms with Crippen molar-refractivity contribution < 1.29 is 0 Å². The van der Waals surface area contributed by atoms with Crippen LogP contribution in [0.3, 0.4) is 0 Å². The van der Waals surface area contributed by atoms with E-state index in [0.717, 1.165) is 0 Å². The number of halogens is 1. The second-order valence-electron chi connectivity index (χ2n) is 10.1. The third-order valence-electron chi connectivity index (χ3n) is 7.64. The third kappa shape index (κ3) is 6.49. The molecule has 1 unspecified atom stereocenters. The van der Waals surface area contributed by atoms with Gasteiger partial charge in [0.05, 0.1) is 0 Å². The summed E-state index contributed by atoms with van der Waals surface area (Å²) in [7, 11) is 0. The molecule has 0 saturated carbocycles. The molecule has 1 heteroatoms. The highest BCUT2D eigenvalue weighted by atomic mass is 79.9. The van der Waals surface area contributed by atoms with Crippen molar-refractivity contribution in [2.75, 3.05) is 0 Å². The van der Waals surface area contributed by atoms with Gasteiger partial charge < -0.3 is 0 Å². The van der Waals surface area contributed by atoms with Crippen LogP contribution in [-0.4, -0.2) is 0 Å². The van der Waals surface area contributed by atoms with E-state index in [9.17, 15) is 0 Å². The predicted octanol–water partition coefficient (Wildman–Crippen LogP) is 11.0. The van der Waals surface area contributed by atoms with E-state index in [1.807, 2.05) is 0 Å². The fourth-order valence-corrected chi connectivity index (χ4v) is 6.22. The molecule has 0 fully saturated rings. The molecule has 32 heavy (non-hydrogen) atoms. The topological polar surface area (TPSA) is 0 Å². The zero-order chi connectivity index (χ0) is 22.7. The Morgan fingerprint density at radius 3 is 1.66 bits per heavy atom. The van der Waals surface area contributed by atoms with Gasteiger partial charge in [0, 0.05) is 9.89 Å². The summed E-state index contributed by atoms with van der Waals surface area (Å²) in [5, 5.41) is 0. The van der Waals surface area contributed by atoms with E-state index < -0.39 is 0 Å². The molecule has 0 aliphatic heterocycles. The number of hydrogen-bond donors (Lipinski definition) is 0. The summed E-state index contributed by atoms with van der Waals surface area (Å²) >= 11 is 3.79. The van der Waals surface area contributed by atoms with Crippen molar-refractivity contribution in [2.24, 2.45) is 0 Å². The molecule has 2 aromatic rings. The van der Waals surface area contributed by atoms with Gasteiger partial charge in [0.25, 0.3) is 0 Å². The summed E-state index contributed by atoms with van der Waals surface area (Å²) in [6.45, 7) is 4.61. The van der Waals surface area contributed by atoms with E-state index in [4.69, 9.17) is 0 Å². The SMILES string of the molecule is CCCCCCCCCCC1(CCCCCCCC)c2ccccc2-c2ccc(Br)cc21. The predicted molar refractivity (Wildman–Crippen MR) is 146 cm³/mol. The lowest BCUT2D eigenvalue weighted by molar-refractivity contribution is 0.397. The normalized spacial score (nSPS) is 16.8. The fraction of sp³-hybridized carbons (Fsp3) is 0.613. The first-order valence-electron chi connectivity index (χ1n) is 13.6. The zero-order valence-electron chi connectivity index (χ0n) is 20.7. The second-order valence-corrected chi connectivity index (χ2v) is 11.0. The molecule has 0 nitrogen and oxygen atoms in total. The van der Waals surface area contributed by atoms with Gasteiger partial charge in [-0.2, -0.15) is 0 Å². The number of benzene rings is 2. The molecule has 0 amide bonds. The summed E-state index contributed by atoms with van der Waals surface area (Å²) in [6, 6.07) is 16.3. The minimum atomic E-state index is 0.211. The van der Waals surface area contributed by atoms with Gasteiger partial charge in [0.2, 0.25) is 0 Å². The van der Waals surface area contributed by atoms with Crippen LogP contribution in [0.5, 0.6) is 0 Å². The largest absolute Gasteiger partial charge is 0.0654 e. The first-order chi connectivity index (χ1) is 15.7. The lowest BCUT2D eigenvalue weighted by Gasteiger charge is -2.33. The smallest absolute Gasteiger partial charge is 0.0215 e.